The minimum atomic E-state index is -0.133. The Labute approximate surface area is 115 Å². The maximum absolute atomic E-state index is 11.4. The Balaban J connectivity index is 1.94. The first-order chi connectivity index (χ1) is 9.28. The molecule has 2 heterocycles. The topological polar surface area (TPSA) is 48.1 Å². The molecule has 2 rings (SSSR count). The Morgan fingerprint density at radius 1 is 0.947 bits per heavy atom. The molecule has 2 aliphatic rings. The van der Waals surface area contributed by atoms with E-state index >= 15 is 0 Å². The first-order valence-electron chi connectivity index (χ1n) is 7.22. The van der Waals surface area contributed by atoms with E-state index in [1.54, 1.807) is 0 Å². The summed E-state index contributed by atoms with van der Waals surface area (Å²) < 4.78 is 4.78. The molecular weight excluding hydrogens is 244 g/mol. The molecule has 6 nitrogen and oxygen atoms in total. The van der Waals surface area contributed by atoms with Crippen LogP contribution in [0.25, 0.3) is 0 Å². The van der Waals surface area contributed by atoms with Gasteiger partial charge >= 0.3 is 5.97 Å². The van der Waals surface area contributed by atoms with Crippen molar-refractivity contribution in [3.63, 3.8) is 0 Å². The number of carbonyl (C=O) groups excluding carboxylic acids is 1. The van der Waals surface area contributed by atoms with Crippen LogP contribution in [0.2, 0.25) is 0 Å². The quantitative estimate of drug-likeness (QED) is 0.628. The van der Waals surface area contributed by atoms with Gasteiger partial charge in [-0.05, 0) is 0 Å². The largest absolute Gasteiger partial charge is 0.468 e. The van der Waals surface area contributed by atoms with Crippen LogP contribution < -0.4 is 5.32 Å². The second kappa shape index (κ2) is 7.79. The van der Waals surface area contributed by atoms with E-state index in [1.807, 2.05) is 0 Å². The lowest BCUT2D eigenvalue weighted by molar-refractivity contribution is -0.142. The maximum Gasteiger partial charge on any atom is 0.319 e. The number of hydrogen-bond acceptors (Lipinski definition) is 6. The number of fused-ring (bicyclic) bond motifs is 3. The van der Waals surface area contributed by atoms with Crippen molar-refractivity contribution in [1.29, 1.82) is 0 Å². The van der Waals surface area contributed by atoms with Crippen molar-refractivity contribution < 1.29 is 9.53 Å². The third-order valence-electron chi connectivity index (χ3n) is 3.99. The van der Waals surface area contributed by atoms with Crippen molar-refractivity contribution in [3.8, 4) is 0 Å². The zero-order chi connectivity index (χ0) is 13.5. The van der Waals surface area contributed by atoms with Gasteiger partial charge in [0.25, 0.3) is 0 Å². The predicted octanol–water partition coefficient (Wildman–Crippen LogP) is -1.32. The van der Waals surface area contributed by atoms with Crippen molar-refractivity contribution in [2.75, 3.05) is 79.1 Å². The summed E-state index contributed by atoms with van der Waals surface area (Å²) in [5, 5.41) is 3.49. The van der Waals surface area contributed by atoms with Crippen molar-refractivity contribution in [2.45, 2.75) is 0 Å². The fourth-order valence-corrected chi connectivity index (χ4v) is 2.64. The first-order valence-corrected chi connectivity index (χ1v) is 7.22. The number of ether oxygens (including phenoxy) is 1. The van der Waals surface area contributed by atoms with Crippen LogP contribution in [-0.2, 0) is 9.53 Å². The molecule has 2 fully saturated rings. The molecule has 0 saturated carbocycles. The molecule has 0 aliphatic carbocycles. The minimum absolute atomic E-state index is 0.133. The number of nitrogens with zero attached hydrogens (tertiary/aromatic N) is 3. The van der Waals surface area contributed by atoms with E-state index < -0.39 is 0 Å². The Hall–Kier alpha value is -0.690. The lowest BCUT2D eigenvalue weighted by Crippen LogP contribution is -2.42. The second-order valence-corrected chi connectivity index (χ2v) is 5.29. The summed E-state index contributed by atoms with van der Waals surface area (Å²) >= 11 is 0. The van der Waals surface area contributed by atoms with Crippen molar-refractivity contribution in [2.24, 2.45) is 0 Å². The lowest BCUT2D eigenvalue weighted by atomic mass is 10.4. The summed E-state index contributed by atoms with van der Waals surface area (Å²) in [6.07, 6.45) is 0. The van der Waals surface area contributed by atoms with Crippen molar-refractivity contribution >= 4 is 5.97 Å². The van der Waals surface area contributed by atoms with Gasteiger partial charge in [0.2, 0.25) is 0 Å². The molecule has 6 heteroatoms. The summed E-state index contributed by atoms with van der Waals surface area (Å²) in [6, 6.07) is 0. The lowest BCUT2D eigenvalue weighted by Gasteiger charge is -2.25. The zero-order valence-electron chi connectivity index (χ0n) is 11.9. The molecule has 0 spiro atoms. The Kier molecular flexibility index (Phi) is 6.03. The molecule has 2 saturated heterocycles. The van der Waals surface area contributed by atoms with Gasteiger partial charge in [-0.15, -0.1) is 0 Å². The highest BCUT2D eigenvalue weighted by atomic mass is 16.5. The molecule has 1 N–H and O–H groups in total. The normalized spacial score (nSPS) is 30.4. The molecule has 2 aliphatic heterocycles. The van der Waals surface area contributed by atoms with E-state index in [-0.39, 0.29) is 5.97 Å². The molecule has 2 unspecified atom stereocenters. The van der Waals surface area contributed by atoms with E-state index in [0.29, 0.717) is 6.54 Å². The van der Waals surface area contributed by atoms with E-state index in [4.69, 9.17) is 4.74 Å². The van der Waals surface area contributed by atoms with Crippen LogP contribution in [0.15, 0.2) is 0 Å². The number of methoxy groups -OCH3 is 1. The maximum atomic E-state index is 11.4. The van der Waals surface area contributed by atoms with Gasteiger partial charge in [-0.1, -0.05) is 0 Å². The fourth-order valence-electron chi connectivity index (χ4n) is 2.64. The van der Waals surface area contributed by atoms with E-state index in [2.05, 4.69) is 20.0 Å². The van der Waals surface area contributed by atoms with Crippen LogP contribution in [-0.4, -0.2) is 99.8 Å². The van der Waals surface area contributed by atoms with Gasteiger partial charge in [0.15, 0.2) is 0 Å². The monoisotopic (exact) mass is 270 g/mol. The highest BCUT2D eigenvalue weighted by molar-refractivity contribution is 5.71. The van der Waals surface area contributed by atoms with E-state index in [1.165, 1.54) is 7.11 Å². The van der Waals surface area contributed by atoms with Crippen molar-refractivity contribution in [3.05, 3.63) is 0 Å². The van der Waals surface area contributed by atoms with Crippen LogP contribution in [0.3, 0.4) is 0 Å². The van der Waals surface area contributed by atoms with Crippen LogP contribution in [0.4, 0.5) is 0 Å². The summed E-state index contributed by atoms with van der Waals surface area (Å²) in [7, 11) is 1.46. The van der Waals surface area contributed by atoms with Gasteiger partial charge in [-0.25, -0.2) is 0 Å². The Morgan fingerprint density at radius 2 is 1.47 bits per heavy atom. The SMILES string of the molecule is COC(=O)CN1CCN2CCNCCN(CC2)CC1. The molecule has 2 atom stereocenters. The average Bonchev–Trinajstić information content (AvgIpc) is 2.58. The second-order valence-electron chi connectivity index (χ2n) is 5.29. The van der Waals surface area contributed by atoms with Gasteiger partial charge in [0.05, 0.1) is 13.7 Å². The average molecular weight is 270 g/mol. The summed E-state index contributed by atoms with van der Waals surface area (Å²) in [5.41, 5.74) is 0. The van der Waals surface area contributed by atoms with Crippen LogP contribution in [0, 0.1) is 0 Å². The minimum Gasteiger partial charge on any atom is -0.468 e. The van der Waals surface area contributed by atoms with Gasteiger partial charge in [-0.3, -0.25) is 19.5 Å². The smallest absolute Gasteiger partial charge is 0.319 e. The van der Waals surface area contributed by atoms with E-state index in [9.17, 15) is 4.79 Å². The van der Waals surface area contributed by atoms with Crippen LogP contribution >= 0.6 is 0 Å². The highest BCUT2D eigenvalue weighted by Crippen LogP contribution is 2.01. The van der Waals surface area contributed by atoms with Gasteiger partial charge in [-0.2, -0.15) is 0 Å². The molecule has 0 aromatic carbocycles. The molecule has 19 heavy (non-hydrogen) atoms. The number of hydrogen-bond donors (Lipinski definition) is 1. The summed E-state index contributed by atoms with van der Waals surface area (Å²) in [5.74, 6) is -0.133. The summed E-state index contributed by atoms with van der Waals surface area (Å²) in [4.78, 5) is 18.6. The number of rotatable bonds is 2. The van der Waals surface area contributed by atoms with Gasteiger partial charge < -0.3 is 10.1 Å². The molecule has 0 aromatic rings. The summed E-state index contributed by atoms with van der Waals surface area (Å²) in [6.45, 7) is 11.0. The molecule has 0 aromatic heterocycles. The van der Waals surface area contributed by atoms with Crippen molar-refractivity contribution in [1.82, 2.24) is 20.0 Å². The number of nitrogens with one attached hydrogen (secondary N) is 1. The molecule has 110 valence electrons. The molecule has 0 amide bonds. The standard InChI is InChI=1S/C13H26N4O2/c1-19-13(18)12-17-10-8-15-4-2-14-3-5-16(7-6-15)9-11-17/h14H,2-12H2,1H3. The molecular formula is C13H26N4O2. The van der Waals surface area contributed by atoms with Gasteiger partial charge in [0, 0.05) is 65.4 Å². The Bertz CT molecular complexity index is 270. The molecule has 0 radical (unpaired) electrons. The number of esters is 1. The first kappa shape index (κ1) is 14.7. The van der Waals surface area contributed by atoms with E-state index in [0.717, 1.165) is 65.4 Å². The van der Waals surface area contributed by atoms with Crippen LogP contribution in [0.1, 0.15) is 0 Å². The fraction of sp³-hybridized carbons (Fsp3) is 0.923. The third kappa shape index (κ3) is 5.06. The highest BCUT2D eigenvalue weighted by Gasteiger charge is 2.18. The van der Waals surface area contributed by atoms with Gasteiger partial charge in [0.1, 0.15) is 0 Å². The molecule has 2 bridgehead atoms. The van der Waals surface area contributed by atoms with Crippen LogP contribution in [0.5, 0.6) is 0 Å². The third-order valence-corrected chi connectivity index (χ3v) is 3.99. The number of carbonyl (C=O) groups is 1. The Morgan fingerprint density at radius 3 is 2.00 bits per heavy atom. The predicted molar refractivity (Wildman–Crippen MR) is 74.2 cm³/mol. The zero-order valence-corrected chi connectivity index (χ0v) is 11.9.